The molecular weight excluding hydrogens is 234 g/mol. The molecule has 1 fully saturated rings. The average Bonchev–Trinajstić information content (AvgIpc) is 2.54. The van der Waals surface area contributed by atoms with Gasteiger partial charge in [0.15, 0.2) is 5.78 Å². The lowest BCUT2D eigenvalue weighted by Gasteiger charge is -2.21. The largest absolute Gasteiger partial charge is 0.466 e. The van der Waals surface area contributed by atoms with Gasteiger partial charge >= 0.3 is 5.97 Å². The Morgan fingerprint density at radius 1 is 1.39 bits per heavy atom. The molecule has 1 atom stereocenters. The standard InChI is InChI=1S/C13H23NO4/c1-3-12-10-14(6-5-7-18-12)9-11(15)8-13(16)17-4-2/h12H,3-10H2,1-2H3. The molecular formula is C13H23NO4. The SMILES string of the molecule is CCOC(=O)CC(=O)CN1CCCOC(CC)C1. The highest BCUT2D eigenvalue weighted by Crippen LogP contribution is 2.08. The Kier molecular flexibility index (Phi) is 6.90. The van der Waals surface area contributed by atoms with Crippen molar-refractivity contribution >= 4 is 11.8 Å². The van der Waals surface area contributed by atoms with Crippen LogP contribution in [0.3, 0.4) is 0 Å². The summed E-state index contributed by atoms with van der Waals surface area (Å²) in [6, 6.07) is 0. The maximum absolute atomic E-state index is 11.7. The van der Waals surface area contributed by atoms with Gasteiger partial charge in [-0.1, -0.05) is 6.92 Å². The number of nitrogens with zero attached hydrogens (tertiary/aromatic N) is 1. The third-order valence-electron chi connectivity index (χ3n) is 2.94. The average molecular weight is 257 g/mol. The molecule has 0 amide bonds. The molecule has 0 aromatic carbocycles. The third kappa shape index (κ3) is 5.60. The number of ketones is 1. The van der Waals surface area contributed by atoms with Crippen LogP contribution in [0.15, 0.2) is 0 Å². The molecule has 1 unspecified atom stereocenters. The second-order valence-electron chi connectivity index (χ2n) is 4.51. The quantitative estimate of drug-likeness (QED) is 0.525. The minimum absolute atomic E-state index is 0.0785. The van der Waals surface area contributed by atoms with Gasteiger partial charge in [-0.15, -0.1) is 0 Å². The predicted molar refractivity (Wildman–Crippen MR) is 67.3 cm³/mol. The number of ether oxygens (including phenoxy) is 2. The van der Waals surface area contributed by atoms with E-state index in [0.717, 1.165) is 32.5 Å². The highest BCUT2D eigenvalue weighted by atomic mass is 16.5. The Hall–Kier alpha value is -0.940. The van der Waals surface area contributed by atoms with E-state index < -0.39 is 5.97 Å². The Morgan fingerprint density at radius 3 is 2.83 bits per heavy atom. The number of carbonyl (C=O) groups excluding carboxylic acids is 2. The fourth-order valence-corrected chi connectivity index (χ4v) is 2.04. The molecule has 0 radical (unpaired) electrons. The minimum Gasteiger partial charge on any atom is -0.466 e. The van der Waals surface area contributed by atoms with Crippen LogP contribution in [0.1, 0.15) is 33.1 Å². The van der Waals surface area contributed by atoms with Crippen LogP contribution in [0, 0.1) is 0 Å². The van der Waals surface area contributed by atoms with E-state index in [1.807, 2.05) is 0 Å². The molecule has 0 aromatic heterocycles. The van der Waals surface area contributed by atoms with Crippen LogP contribution < -0.4 is 0 Å². The van der Waals surface area contributed by atoms with Crippen molar-refractivity contribution < 1.29 is 19.1 Å². The van der Waals surface area contributed by atoms with E-state index in [1.54, 1.807) is 6.92 Å². The lowest BCUT2D eigenvalue weighted by atomic mass is 10.2. The van der Waals surface area contributed by atoms with Crippen LogP contribution in [0.4, 0.5) is 0 Å². The lowest BCUT2D eigenvalue weighted by molar-refractivity contribution is -0.145. The first-order valence-electron chi connectivity index (χ1n) is 6.67. The van der Waals surface area contributed by atoms with Gasteiger partial charge in [0.05, 0.1) is 19.3 Å². The molecule has 1 saturated heterocycles. The molecule has 1 rings (SSSR count). The van der Waals surface area contributed by atoms with Crippen LogP contribution in [0.5, 0.6) is 0 Å². The molecule has 0 bridgehead atoms. The zero-order valence-corrected chi connectivity index (χ0v) is 11.3. The van der Waals surface area contributed by atoms with E-state index in [9.17, 15) is 9.59 Å². The topological polar surface area (TPSA) is 55.8 Å². The molecule has 104 valence electrons. The summed E-state index contributed by atoms with van der Waals surface area (Å²) in [5.74, 6) is -0.509. The molecule has 18 heavy (non-hydrogen) atoms. The van der Waals surface area contributed by atoms with E-state index in [1.165, 1.54) is 0 Å². The van der Waals surface area contributed by atoms with Gasteiger partial charge in [0.1, 0.15) is 6.42 Å². The van der Waals surface area contributed by atoms with Crippen molar-refractivity contribution in [1.29, 1.82) is 0 Å². The normalized spacial score (nSPS) is 21.3. The minimum atomic E-state index is -0.430. The molecule has 0 aromatic rings. The molecule has 1 heterocycles. The van der Waals surface area contributed by atoms with Crippen LogP contribution in [-0.2, 0) is 19.1 Å². The first-order valence-corrected chi connectivity index (χ1v) is 6.67. The van der Waals surface area contributed by atoms with Crippen molar-refractivity contribution in [3.8, 4) is 0 Å². The van der Waals surface area contributed by atoms with Crippen molar-refractivity contribution in [1.82, 2.24) is 4.90 Å². The smallest absolute Gasteiger partial charge is 0.313 e. The lowest BCUT2D eigenvalue weighted by Crippen LogP contribution is -2.36. The first kappa shape index (κ1) is 15.1. The van der Waals surface area contributed by atoms with Crippen LogP contribution in [0.2, 0.25) is 0 Å². The number of hydrogen-bond donors (Lipinski definition) is 0. The molecule has 5 heteroatoms. The molecule has 0 aliphatic carbocycles. The van der Waals surface area contributed by atoms with Crippen molar-refractivity contribution in [3.63, 3.8) is 0 Å². The Balaban J connectivity index is 2.35. The number of rotatable bonds is 6. The summed E-state index contributed by atoms with van der Waals surface area (Å²) in [5, 5.41) is 0. The van der Waals surface area contributed by atoms with Crippen LogP contribution >= 0.6 is 0 Å². The van der Waals surface area contributed by atoms with Crippen molar-refractivity contribution in [2.75, 3.05) is 32.8 Å². The highest BCUT2D eigenvalue weighted by molar-refractivity contribution is 5.96. The number of Topliss-reactive ketones (excluding diaryl/α,β-unsaturated/α-hetero) is 1. The first-order chi connectivity index (χ1) is 8.65. The number of hydrogen-bond acceptors (Lipinski definition) is 5. The summed E-state index contributed by atoms with van der Waals surface area (Å²) < 4.78 is 10.4. The Morgan fingerprint density at radius 2 is 2.17 bits per heavy atom. The monoisotopic (exact) mass is 257 g/mol. The summed E-state index contributed by atoms with van der Waals surface area (Å²) in [6.45, 7) is 6.83. The highest BCUT2D eigenvalue weighted by Gasteiger charge is 2.20. The Labute approximate surface area is 108 Å². The van der Waals surface area contributed by atoms with Crippen molar-refractivity contribution in [3.05, 3.63) is 0 Å². The van der Waals surface area contributed by atoms with Crippen LogP contribution in [0.25, 0.3) is 0 Å². The van der Waals surface area contributed by atoms with Gasteiger partial charge in [0.25, 0.3) is 0 Å². The zero-order chi connectivity index (χ0) is 13.4. The van der Waals surface area contributed by atoms with Gasteiger partial charge in [0, 0.05) is 19.7 Å². The number of carbonyl (C=O) groups is 2. The summed E-state index contributed by atoms with van der Waals surface area (Å²) >= 11 is 0. The molecule has 0 N–H and O–H groups in total. The summed E-state index contributed by atoms with van der Waals surface area (Å²) in [6.07, 6.45) is 1.95. The fraction of sp³-hybridized carbons (Fsp3) is 0.846. The maximum Gasteiger partial charge on any atom is 0.313 e. The molecule has 1 aliphatic rings. The van der Waals surface area contributed by atoms with Gasteiger partial charge in [0.2, 0.25) is 0 Å². The molecule has 0 spiro atoms. The van der Waals surface area contributed by atoms with E-state index in [4.69, 9.17) is 9.47 Å². The predicted octanol–water partition coefficient (Wildman–Crippen LogP) is 1.01. The van der Waals surface area contributed by atoms with E-state index in [0.29, 0.717) is 13.2 Å². The fourth-order valence-electron chi connectivity index (χ4n) is 2.04. The molecule has 0 saturated carbocycles. The second kappa shape index (κ2) is 8.21. The molecule has 5 nitrogen and oxygen atoms in total. The summed E-state index contributed by atoms with van der Waals surface area (Å²) in [7, 11) is 0. The maximum atomic E-state index is 11.7. The molecule has 1 aliphatic heterocycles. The van der Waals surface area contributed by atoms with Gasteiger partial charge < -0.3 is 9.47 Å². The van der Waals surface area contributed by atoms with E-state index in [2.05, 4.69) is 11.8 Å². The van der Waals surface area contributed by atoms with Gasteiger partial charge in [-0.2, -0.15) is 0 Å². The number of esters is 1. The van der Waals surface area contributed by atoms with Gasteiger partial charge in [-0.25, -0.2) is 0 Å². The van der Waals surface area contributed by atoms with Gasteiger partial charge in [-0.05, 0) is 19.8 Å². The Bertz CT molecular complexity index is 280. The zero-order valence-electron chi connectivity index (χ0n) is 11.3. The van der Waals surface area contributed by atoms with E-state index in [-0.39, 0.29) is 18.3 Å². The van der Waals surface area contributed by atoms with Crippen LogP contribution in [-0.4, -0.2) is 55.6 Å². The van der Waals surface area contributed by atoms with Crippen molar-refractivity contribution in [2.45, 2.75) is 39.2 Å². The van der Waals surface area contributed by atoms with Gasteiger partial charge in [-0.3, -0.25) is 14.5 Å². The third-order valence-corrected chi connectivity index (χ3v) is 2.94. The van der Waals surface area contributed by atoms with E-state index >= 15 is 0 Å². The summed E-state index contributed by atoms with van der Waals surface area (Å²) in [5.41, 5.74) is 0. The van der Waals surface area contributed by atoms with Crippen molar-refractivity contribution in [2.24, 2.45) is 0 Å². The summed E-state index contributed by atoms with van der Waals surface area (Å²) in [4.78, 5) is 25.0. The second-order valence-corrected chi connectivity index (χ2v) is 4.51.